The van der Waals surface area contributed by atoms with Crippen molar-refractivity contribution < 1.29 is 14.3 Å². The minimum atomic E-state index is -0.634. The molecule has 1 saturated carbocycles. The van der Waals surface area contributed by atoms with E-state index in [9.17, 15) is 4.79 Å². The molecule has 1 fully saturated rings. The molecule has 10 heteroatoms. The van der Waals surface area contributed by atoms with Crippen LogP contribution in [0, 0.1) is 0 Å². The Morgan fingerprint density at radius 1 is 1.18 bits per heavy atom. The largest absolute Gasteiger partial charge is 0.496 e. The quantitative estimate of drug-likeness (QED) is 0.395. The highest BCUT2D eigenvalue weighted by molar-refractivity contribution is 6.04. The zero-order chi connectivity index (χ0) is 24.4. The number of anilines is 3. The van der Waals surface area contributed by atoms with E-state index in [0.29, 0.717) is 34.6 Å². The molecule has 4 rings (SSSR count). The topological polar surface area (TPSA) is 142 Å². The van der Waals surface area contributed by atoms with Crippen LogP contribution in [-0.2, 0) is 0 Å². The minimum absolute atomic E-state index is 0.0263. The lowest BCUT2D eigenvalue weighted by molar-refractivity contribution is 0.100. The number of nitrogens with zero attached hydrogens (tertiary/aromatic N) is 3. The number of rotatable bonds is 8. The molecule has 1 aliphatic rings. The van der Waals surface area contributed by atoms with Crippen molar-refractivity contribution >= 4 is 29.0 Å². The van der Waals surface area contributed by atoms with Crippen LogP contribution >= 0.6 is 0 Å². The maximum absolute atomic E-state index is 12.5. The molecule has 0 spiro atoms. The van der Waals surface area contributed by atoms with Crippen molar-refractivity contribution in [3.05, 3.63) is 35.7 Å². The summed E-state index contributed by atoms with van der Waals surface area (Å²) in [7, 11) is 3.23. The zero-order valence-electron chi connectivity index (χ0n) is 20.1. The number of methoxy groups -OCH3 is 2. The number of primary amides is 1. The van der Waals surface area contributed by atoms with Crippen molar-refractivity contribution in [3.63, 3.8) is 0 Å². The standard InChI is InChI=1S/C24H33N7O3/c1-13(2)19-17(33-3)11-14(12-18(19)34-4)28-22-20(21(26)32)23-27-9-10-31(23)24(30-22)29-16-8-6-5-7-15(16)25/h9-13,15-16,28H,5-8,25H2,1-4H3,(H2,26,32)(H,29,30)/t15-,16+/m1/s1. The van der Waals surface area contributed by atoms with Gasteiger partial charge in [-0.25, -0.2) is 4.98 Å². The fraction of sp³-hybridized carbons (Fsp3) is 0.458. The Morgan fingerprint density at radius 3 is 2.44 bits per heavy atom. The highest BCUT2D eigenvalue weighted by Gasteiger charge is 2.26. The summed E-state index contributed by atoms with van der Waals surface area (Å²) in [6.45, 7) is 4.14. The van der Waals surface area contributed by atoms with E-state index in [2.05, 4.69) is 29.5 Å². The first-order valence-corrected chi connectivity index (χ1v) is 11.6. The molecule has 0 unspecified atom stereocenters. The van der Waals surface area contributed by atoms with Gasteiger partial charge < -0.3 is 31.6 Å². The van der Waals surface area contributed by atoms with Gasteiger partial charge in [0.25, 0.3) is 5.91 Å². The second-order valence-corrected chi connectivity index (χ2v) is 8.92. The van der Waals surface area contributed by atoms with Crippen LogP contribution in [0.2, 0.25) is 0 Å². The van der Waals surface area contributed by atoms with Crippen LogP contribution in [0.15, 0.2) is 24.5 Å². The van der Waals surface area contributed by atoms with Crippen LogP contribution in [-0.4, -0.2) is 46.6 Å². The van der Waals surface area contributed by atoms with Crippen molar-refractivity contribution in [2.75, 3.05) is 24.9 Å². The van der Waals surface area contributed by atoms with E-state index in [4.69, 9.17) is 25.9 Å². The average Bonchev–Trinajstić information content (AvgIpc) is 3.29. The smallest absolute Gasteiger partial charge is 0.256 e. The van der Waals surface area contributed by atoms with Crippen LogP contribution in [0.1, 0.15) is 61.4 Å². The van der Waals surface area contributed by atoms with Gasteiger partial charge in [-0.3, -0.25) is 9.20 Å². The lowest BCUT2D eigenvalue weighted by Gasteiger charge is -2.30. The molecule has 1 aromatic carbocycles. The zero-order valence-corrected chi connectivity index (χ0v) is 20.1. The SMILES string of the molecule is COc1cc(Nc2nc(N[C@H]3CCCC[C@H]3N)n3ccnc3c2C(N)=O)cc(OC)c1C(C)C. The summed E-state index contributed by atoms with van der Waals surface area (Å²) >= 11 is 0. The first-order chi connectivity index (χ1) is 16.3. The van der Waals surface area contributed by atoms with Crippen LogP contribution in [0.3, 0.4) is 0 Å². The minimum Gasteiger partial charge on any atom is -0.496 e. The first kappa shape index (κ1) is 23.6. The number of carbonyl (C=O) groups is 1. The molecule has 2 aromatic heterocycles. The van der Waals surface area contributed by atoms with E-state index in [1.54, 1.807) is 31.0 Å². The number of aromatic nitrogens is 3. The number of hydrogen-bond donors (Lipinski definition) is 4. The maximum Gasteiger partial charge on any atom is 0.256 e. The molecule has 2 atom stereocenters. The summed E-state index contributed by atoms with van der Waals surface area (Å²) < 4.78 is 13.0. The summed E-state index contributed by atoms with van der Waals surface area (Å²) in [4.78, 5) is 21.6. The highest BCUT2D eigenvalue weighted by atomic mass is 16.5. The predicted octanol–water partition coefficient (Wildman–Crippen LogP) is 3.39. The average molecular weight is 468 g/mol. The van der Waals surface area contributed by atoms with Gasteiger partial charge in [-0.1, -0.05) is 26.7 Å². The van der Waals surface area contributed by atoms with Gasteiger partial charge in [0.05, 0.1) is 14.2 Å². The molecule has 10 nitrogen and oxygen atoms in total. The highest BCUT2D eigenvalue weighted by Crippen LogP contribution is 2.39. The number of fused-ring (bicyclic) bond motifs is 1. The Hall–Kier alpha value is -3.53. The lowest BCUT2D eigenvalue weighted by Crippen LogP contribution is -2.43. The molecule has 34 heavy (non-hydrogen) atoms. The second kappa shape index (κ2) is 9.76. The van der Waals surface area contributed by atoms with Crippen LogP contribution in [0.25, 0.3) is 5.65 Å². The van der Waals surface area contributed by atoms with Crippen molar-refractivity contribution in [1.82, 2.24) is 14.4 Å². The molecule has 0 radical (unpaired) electrons. The molecule has 0 saturated heterocycles. The molecular weight excluding hydrogens is 434 g/mol. The maximum atomic E-state index is 12.5. The third-order valence-electron chi connectivity index (χ3n) is 6.31. The van der Waals surface area contributed by atoms with Crippen LogP contribution in [0.4, 0.5) is 17.5 Å². The number of nitrogens with two attached hydrogens (primary N) is 2. The summed E-state index contributed by atoms with van der Waals surface area (Å²) in [5.41, 5.74) is 14.3. The van der Waals surface area contributed by atoms with E-state index in [0.717, 1.165) is 31.2 Å². The van der Waals surface area contributed by atoms with Crippen LogP contribution in [0.5, 0.6) is 11.5 Å². The number of nitrogens with one attached hydrogen (secondary N) is 2. The normalized spacial score (nSPS) is 18.2. The molecule has 182 valence electrons. The van der Waals surface area contributed by atoms with Crippen molar-refractivity contribution in [3.8, 4) is 11.5 Å². The van der Waals surface area contributed by atoms with Crippen molar-refractivity contribution in [2.24, 2.45) is 11.5 Å². The molecule has 1 amide bonds. The van der Waals surface area contributed by atoms with E-state index < -0.39 is 5.91 Å². The number of ether oxygens (including phenoxy) is 2. The summed E-state index contributed by atoms with van der Waals surface area (Å²) in [5, 5.41) is 6.71. The van der Waals surface area contributed by atoms with Gasteiger partial charge in [-0.2, -0.15) is 4.98 Å². The van der Waals surface area contributed by atoms with Gasteiger partial charge in [0, 0.05) is 47.9 Å². The van der Waals surface area contributed by atoms with E-state index >= 15 is 0 Å². The van der Waals surface area contributed by atoms with Gasteiger partial charge in [0.15, 0.2) is 11.5 Å². The summed E-state index contributed by atoms with van der Waals surface area (Å²) in [6, 6.07) is 3.80. The fourth-order valence-electron chi connectivity index (χ4n) is 4.62. The predicted molar refractivity (Wildman–Crippen MR) is 132 cm³/mol. The summed E-state index contributed by atoms with van der Waals surface area (Å²) in [6.07, 6.45) is 7.49. The van der Waals surface area contributed by atoms with E-state index in [-0.39, 0.29) is 23.6 Å². The number of hydrogen-bond acceptors (Lipinski definition) is 8. The Balaban J connectivity index is 1.80. The molecular formula is C24H33N7O3. The number of imidazole rings is 1. The molecule has 0 aliphatic heterocycles. The fourth-order valence-corrected chi connectivity index (χ4v) is 4.62. The Morgan fingerprint density at radius 2 is 1.85 bits per heavy atom. The third kappa shape index (κ3) is 4.45. The van der Waals surface area contributed by atoms with Crippen LogP contribution < -0.4 is 31.6 Å². The summed E-state index contributed by atoms with van der Waals surface area (Å²) in [5.74, 6) is 1.73. The third-order valence-corrected chi connectivity index (χ3v) is 6.31. The Kier molecular flexibility index (Phi) is 6.78. The van der Waals surface area contributed by atoms with Gasteiger partial charge in [0.2, 0.25) is 5.95 Å². The molecule has 1 aliphatic carbocycles. The second-order valence-electron chi connectivity index (χ2n) is 8.92. The first-order valence-electron chi connectivity index (χ1n) is 11.6. The molecule has 3 aromatic rings. The Bertz CT molecular complexity index is 1170. The number of amides is 1. The van der Waals surface area contributed by atoms with Crippen molar-refractivity contribution in [1.29, 1.82) is 0 Å². The molecule has 2 heterocycles. The monoisotopic (exact) mass is 467 g/mol. The Labute approximate surface area is 199 Å². The van der Waals surface area contributed by atoms with Gasteiger partial charge in [-0.15, -0.1) is 0 Å². The number of carbonyl (C=O) groups excluding carboxylic acids is 1. The lowest BCUT2D eigenvalue weighted by atomic mass is 9.91. The van der Waals surface area contributed by atoms with E-state index in [1.807, 2.05) is 12.1 Å². The number of benzene rings is 1. The molecule has 0 bridgehead atoms. The van der Waals surface area contributed by atoms with Crippen molar-refractivity contribution in [2.45, 2.75) is 57.5 Å². The van der Waals surface area contributed by atoms with Gasteiger partial charge in [0.1, 0.15) is 17.1 Å². The van der Waals surface area contributed by atoms with Gasteiger partial charge >= 0.3 is 0 Å². The van der Waals surface area contributed by atoms with E-state index in [1.165, 1.54) is 0 Å². The molecule has 6 N–H and O–H groups in total. The van der Waals surface area contributed by atoms with Gasteiger partial charge in [-0.05, 0) is 18.8 Å².